The maximum absolute atomic E-state index is 11.7. The van der Waals surface area contributed by atoms with E-state index in [0.717, 1.165) is 6.42 Å². The number of esters is 1. The predicted octanol–water partition coefficient (Wildman–Crippen LogP) is 1.99. The zero-order valence-electron chi connectivity index (χ0n) is 9.82. The van der Waals surface area contributed by atoms with Crippen LogP contribution in [0.15, 0.2) is 12.1 Å². The normalized spacial score (nSPS) is 12.4. The molecule has 1 aromatic rings. The maximum atomic E-state index is 11.7. The second kappa shape index (κ2) is 4.95. The average molecular weight is 238 g/mol. The van der Waals surface area contributed by atoms with Gasteiger partial charge in [-0.2, -0.15) is 0 Å². The smallest absolute Gasteiger partial charge is 0.338 e. The Morgan fingerprint density at radius 3 is 2.94 bits per heavy atom. The number of hydrogen-bond acceptors (Lipinski definition) is 5. The molecule has 0 fully saturated rings. The lowest BCUT2D eigenvalue weighted by atomic mass is 10.2. The van der Waals surface area contributed by atoms with Crippen LogP contribution in [0.2, 0.25) is 0 Å². The molecule has 0 amide bonds. The van der Waals surface area contributed by atoms with Crippen LogP contribution < -0.4 is 14.2 Å². The number of benzene rings is 1. The van der Waals surface area contributed by atoms with E-state index >= 15 is 0 Å². The number of fused-ring (bicyclic) bond motifs is 1. The second-order valence-corrected chi connectivity index (χ2v) is 3.55. The highest BCUT2D eigenvalue weighted by Crippen LogP contribution is 2.41. The Balaban J connectivity index is 2.27. The lowest BCUT2D eigenvalue weighted by molar-refractivity contribution is 0.0504. The fourth-order valence-corrected chi connectivity index (χ4v) is 1.53. The molecule has 0 saturated carbocycles. The van der Waals surface area contributed by atoms with Crippen LogP contribution >= 0.6 is 0 Å². The molecule has 0 N–H and O–H groups in total. The van der Waals surface area contributed by atoms with Crippen molar-refractivity contribution in [1.29, 1.82) is 0 Å². The molecule has 17 heavy (non-hydrogen) atoms. The number of carbonyl (C=O) groups is 1. The summed E-state index contributed by atoms with van der Waals surface area (Å²) in [5, 5.41) is 0. The Kier molecular flexibility index (Phi) is 3.37. The molecular formula is C12H14O5. The van der Waals surface area contributed by atoms with E-state index in [-0.39, 0.29) is 12.8 Å². The highest BCUT2D eigenvalue weighted by Gasteiger charge is 2.22. The largest absolute Gasteiger partial charge is 0.493 e. The van der Waals surface area contributed by atoms with E-state index in [1.54, 1.807) is 12.1 Å². The Morgan fingerprint density at radius 1 is 1.41 bits per heavy atom. The fraction of sp³-hybridized carbons (Fsp3) is 0.417. The van der Waals surface area contributed by atoms with Crippen molar-refractivity contribution in [3.63, 3.8) is 0 Å². The summed E-state index contributed by atoms with van der Waals surface area (Å²) in [4.78, 5) is 11.7. The highest BCUT2D eigenvalue weighted by molar-refractivity contribution is 5.91. The van der Waals surface area contributed by atoms with E-state index in [9.17, 15) is 4.79 Å². The molecular weight excluding hydrogens is 224 g/mol. The minimum Gasteiger partial charge on any atom is -0.493 e. The monoisotopic (exact) mass is 238 g/mol. The van der Waals surface area contributed by atoms with Crippen LogP contribution in [0.5, 0.6) is 17.2 Å². The molecule has 0 radical (unpaired) electrons. The zero-order chi connectivity index (χ0) is 12.3. The molecule has 0 bridgehead atoms. The summed E-state index contributed by atoms with van der Waals surface area (Å²) in [7, 11) is 1.51. The van der Waals surface area contributed by atoms with Gasteiger partial charge in [-0.1, -0.05) is 6.92 Å². The first kappa shape index (κ1) is 11.6. The van der Waals surface area contributed by atoms with E-state index in [1.165, 1.54) is 7.11 Å². The number of hydrogen-bond donors (Lipinski definition) is 0. The molecule has 0 unspecified atom stereocenters. The van der Waals surface area contributed by atoms with Gasteiger partial charge in [-0.3, -0.25) is 0 Å². The molecule has 1 aliphatic heterocycles. The van der Waals surface area contributed by atoms with Crippen molar-refractivity contribution < 1.29 is 23.7 Å². The van der Waals surface area contributed by atoms with Gasteiger partial charge in [0.2, 0.25) is 12.5 Å². The highest BCUT2D eigenvalue weighted by atomic mass is 16.7. The van der Waals surface area contributed by atoms with E-state index in [0.29, 0.717) is 29.4 Å². The third kappa shape index (κ3) is 2.27. The van der Waals surface area contributed by atoms with Crippen LogP contribution in [0.1, 0.15) is 23.7 Å². The summed E-state index contributed by atoms with van der Waals surface area (Å²) in [6.07, 6.45) is 0.785. The summed E-state index contributed by atoms with van der Waals surface area (Å²) in [5.41, 5.74) is 0.402. The lowest BCUT2D eigenvalue weighted by Gasteiger charge is -2.08. The van der Waals surface area contributed by atoms with Gasteiger partial charge in [0, 0.05) is 0 Å². The zero-order valence-corrected chi connectivity index (χ0v) is 9.82. The lowest BCUT2D eigenvalue weighted by Crippen LogP contribution is -2.06. The molecule has 0 spiro atoms. The van der Waals surface area contributed by atoms with Crippen LogP contribution in [0.25, 0.3) is 0 Å². The predicted molar refractivity (Wildman–Crippen MR) is 59.7 cm³/mol. The molecule has 5 nitrogen and oxygen atoms in total. The SMILES string of the molecule is CCCOC(=O)c1cc(OC)c2c(c1)OCO2. The van der Waals surface area contributed by atoms with Gasteiger partial charge in [0.05, 0.1) is 19.3 Å². The summed E-state index contributed by atoms with van der Waals surface area (Å²) in [5.74, 6) is 1.12. The van der Waals surface area contributed by atoms with Crippen molar-refractivity contribution in [2.75, 3.05) is 20.5 Å². The molecule has 1 aliphatic rings. The molecule has 2 rings (SSSR count). The Morgan fingerprint density at radius 2 is 2.24 bits per heavy atom. The number of rotatable bonds is 4. The van der Waals surface area contributed by atoms with Gasteiger partial charge in [0.25, 0.3) is 0 Å². The summed E-state index contributed by atoms with van der Waals surface area (Å²) < 4.78 is 20.6. The van der Waals surface area contributed by atoms with E-state index in [4.69, 9.17) is 18.9 Å². The van der Waals surface area contributed by atoms with Gasteiger partial charge in [-0.15, -0.1) is 0 Å². The van der Waals surface area contributed by atoms with E-state index in [1.807, 2.05) is 6.92 Å². The van der Waals surface area contributed by atoms with Crippen molar-refractivity contribution in [2.24, 2.45) is 0 Å². The molecule has 5 heteroatoms. The second-order valence-electron chi connectivity index (χ2n) is 3.55. The Bertz CT molecular complexity index is 427. The van der Waals surface area contributed by atoms with Gasteiger partial charge in [-0.25, -0.2) is 4.79 Å². The van der Waals surface area contributed by atoms with Gasteiger partial charge in [0.15, 0.2) is 11.5 Å². The quantitative estimate of drug-likeness (QED) is 0.751. The summed E-state index contributed by atoms with van der Waals surface area (Å²) >= 11 is 0. The Hall–Kier alpha value is -1.91. The number of carbonyl (C=O) groups excluding carboxylic acids is 1. The summed E-state index contributed by atoms with van der Waals surface area (Å²) in [6, 6.07) is 3.19. The minimum atomic E-state index is -0.386. The molecule has 0 saturated heterocycles. The van der Waals surface area contributed by atoms with Crippen LogP contribution in [0, 0.1) is 0 Å². The van der Waals surface area contributed by atoms with Crippen LogP contribution in [0.3, 0.4) is 0 Å². The van der Waals surface area contributed by atoms with Crippen LogP contribution in [-0.4, -0.2) is 26.5 Å². The molecule has 0 atom stereocenters. The van der Waals surface area contributed by atoms with Crippen LogP contribution in [-0.2, 0) is 4.74 Å². The van der Waals surface area contributed by atoms with E-state index < -0.39 is 0 Å². The average Bonchev–Trinajstić information content (AvgIpc) is 2.82. The van der Waals surface area contributed by atoms with Gasteiger partial charge >= 0.3 is 5.97 Å². The van der Waals surface area contributed by atoms with Crippen molar-refractivity contribution in [3.8, 4) is 17.2 Å². The standard InChI is InChI=1S/C12H14O5/c1-3-4-15-12(13)8-5-9(14-2)11-10(6-8)16-7-17-11/h5-6H,3-4,7H2,1-2H3. The van der Waals surface area contributed by atoms with Gasteiger partial charge in [-0.05, 0) is 18.6 Å². The van der Waals surface area contributed by atoms with Gasteiger partial charge in [0.1, 0.15) is 0 Å². The number of ether oxygens (including phenoxy) is 4. The molecule has 1 aromatic carbocycles. The van der Waals surface area contributed by atoms with Gasteiger partial charge < -0.3 is 18.9 Å². The molecule has 1 heterocycles. The maximum Gasteiger partial charge on any atom is 0.338 e. The Labute approximate surface area is 99.2 Å². The first-order valence-electron chi connectivity index (χ1n) is 5.41. The molecule has 92 valence electrons. The minimum absolute atomic E-state index is 0.138. The van der Waals surface area contributed by atoms with Crippen molar-refractivity contribution in [3.05, 3.63) is 17.7 Å². The third-order valence-corrected chi connectivity index (χ3v) is 2.33. The van der Waals surface area contributed by atoms with Crippen molar-refractivity contribution in [1.82, 2.24) is 0 Å². The van der Waals surface area contributed by atoms with E-state index in [2.05, 4.69) is 0 Å². The first-order valence-corrected chi connectivity index (χ1v) is 5.41. The summed E-state index contributed by atoms with van der Waals surface area (Å²) in [6.45, 7) is 2.47. The molecule has 0 aliphatic carbocycles. The third-order valence-electron chi connectivity index (χ3n) is 2.33. The topological polar surface area (TPSA) is 54.0 Å². The first-order chi connectivity index (χ1) is 8.26. The molecule has 0 aromatic heterocycles. The number of methoxy groups -OCH3 is 1. The van der Waals surface area contributed by atoms with Crippen molar-refractivity contribution >= 4 is 5.97 Å². The fourth-order valence-electron chi connectivity index (χ4n) is 1.53. The van der Waals surface area contributed by atoms with Crippen LogP contribution in [0.4, 0.5) is 0 Å². The van der Waals surface area contributed by atoms with Crippen molar-refractivity contribution in [2.45, 2.75) is 13.3 Å².